The molecule has 0 fully saturated rings. The topological polar surface area (TPSA) is 40.5 Å². The smallest absolute Gasteiger partial charge is 0.0546 e. The third-order valence-electron chi connectivity index (χ3n) is 1.39. The van der Waals surface area contributed by atoms with Gasteiger partial charge in [-0.25, -0.2) is 0 Å². The number of aliphatic hydroxyl groups excluding tert-OH is 2. The molecule has 0 saturated carbocycles. The summed E-state index contributed by atoms with van der Waals surface area (Å²) >= 11 is 0. The molecule has 0 aromatic carbocycles. The lowest BCUT2D eigenvalue weighted by Gasteiger charge is -1.99. The fourth-order valence-corrected chi connectivity index (χ4v) is 0.748. The minimum atomic E-state index is -0.252. The normalized spacial score (nSPS) is 17.1. The molecule has 0 bridgehead atoms. The van der Waals surface area contributed by atoms with Crippen molar-refractivity contribution in [3.05, 3.63) is 12.2 Å². The molecular weight excluding hydrogens is 140 g/mol. The molecule has 0 aromatic rings. The van der Waals surface area contributed by atoms with Gasteiger partial charge in [0.2, 0.25) is 0 Å². The van der Waals surface area contributed by atoms with Gasteiger partial charge >= 0.3 is 0 Å². The first kappa shape index (κ1) is 10.7. The van der Waals surface area contributed by atoms with Crippen molar-refractivity contribution in [2.24, 2.45) is 0 Å². The average Bonchev–Trinajstić information content (AvgIpc) is 1.85. The summed E-state index contributed by atoms with van der Waals surface area (Å²) in [5.74, 6) is 0. The lowest BCUT2D eigenvalue weighted by Crippen LogP contribution is -1.97. The SMILES string of the molecule is CC(O)C/C=C/CCC(C)O. The zero-order valence-electron chi connectivity index (χ0n) is 7.33. The second-order valence-corrected chi connectivity index (χ2v) is 2.98. The number of aliphatic hydroxyl groups is 2. The Kier molecular flexibility index (Phi) is 6.18. The van der Waals surface area contributed by atoms with Crippen LogP contribution >= 0.6 is 0 Å². The predicted molar refractivity (Wildman–Crippen MR) is 46.4 cm³/mol. The summed E-state index contributed by atoms with van der Waals surface area (Å²) in [6, 6.07) is 0. The summed E-state index contributed by atoms with van der Waals surface area (Å²) in [5.41, 5.74) is 0. The van der Waals surface area contributed by atoms with Crippen molar-refractivity contribution in [1.29, 1.82) is 0 Å². The summed E-state index contributed by atoms with van der Waals surface area (Å²) in [6.07, 6.45) is 5.89. The van der Waals surface area contributed by atoms with E-state index in [9.17, 15) is 0 Å². The van der Waals surface area contributed by atoms with Gasteiger partial charge in [-0.3, -0.25) is 0 Å². The molecule has 11 heavy (non-hydrogen) atoms. The van der Waals surface area contributed by atoms with E-state index >= 15 is 0 Å². The number of rotatable bonds is 5. The Morgan fingerprint density at radius 2 is 1.73 bits per heavy atom. The predicted octanol–water partition coefficient (Wildman–Crippen LogP) is 1.47. The van der Waals surface area contributed by atoms with Crippen molar-refractivity contribution in [3.8, 4) is 0 Å². The molecular formula is C9H18O2. The maximum Gasteiger partial charge on any atom is 0.0546 e. The van der Waals surface area contributed by atoms with Crippen LogP contribution in [-0.4, -0.2) is 22.4 Å². The lowest BCUT2D eigenvalue weighted by molar-refractivity contribution is 0.185. The third kappa shape index (κ3) is 9.66. The fraction of sp³-hybridized carbons (Fsp3) is 0.778. The zero-order valence-corrected chi connectivity index (χ0v) is 7.33. The van der Waals surface area contributed by atoms with Crippen LogP contribution in [0.5, 0.6) is 0 Å². The average molecular weight is 158 g/mol. The van der Waals surface area contributed by atoms with E-state index in [0.29, 0.717) is 6.42 Å². The van der Waals surface area contributed by atoms with Crippen LogP contribution < -0.4 is 0 Å². The van der Waals surface area contributed by atoms with Crippen molar-refractivity contribution < 1.29 is 10.2 Å². The van der Waals surface area contributed by atoms with Gasteiger partial charge in [0.1, 0.15) is 0 Å². The standard InChI is InChI=1S/C9H18O2/c1-8(10)6-4-3-5-7-9(2)11/h3-4,8-11H,5-7H2,1-2H3/b4-3+. The van der Waals surface area contributed by atoms with Crippen LogP contribution in [0.15, 0.2) is 12.2 Å². The minimum absolute atomic E-state index is 0.216. The lowest BCUT2D eigenvalue weighted by atomic mass is 10.2. The maximum atomic E-state index is 8.88. The summed E-state index contributed by atoms with van der Waals surface area (Å²) in [4.78, 5) is 0. The van der Waals surface area contributed by atoms with Crippen molar-refractivity contribution in [2.75, 3.05) is 0 Å². The molecule has 66 valence electrons. The van der Waals surface area contributed by atoms with E-state index in [4.69, 9.17) is 10.2 Å². The van der Waals surface area contributed by atoms with Gasteiger partial charge in [-0.15, -0.1) is 0 Å². The number of hydrogen-bond acceptors (Lipinski definition) is 2. The van der Waals surface area contributed by atoms with E-state index in [1.165, 1.54) is 0 Å². The van der Waals surface area contributed by atoms with Crippen LogP contribution in [0, 0.1) is 0 Å². The van der Waals surface area contributed by atoms with E-state index in [1.54, 1.807) is 13.8 Å². The molecule has 0 aromatic heterocycles. The fourth-order valence-electron chi connectivity index (χ4n) is 0.748. The van der Waals surface area contributed by atoms with E-state index in [2.05, 4.69) is 0 Å². The Balaban J connectivity index is 3.17. The van der Waals surface area contributed by atoms with Gasteiger partial charge in [0.05, 0.1) is 12.2 Å². The van der Waals surface area contributed by atoms with Gasteiger partial charge in [0.25, 0.3) is 0 Å². The highest BCUT2D eigenvalue weighted by Gasteiger charge is 1.92. The highest BCUT2D eigenvalue weighted by molar-refractivity contribution is 4.83. The molecule has 0 heterocycles. The Bertz CT molecular complexity index is 106. The molecule has 2 unspecified atom stereocenters. The largest absolute Gasteiger partial charge is 0.393 e. The van der Waals surface area contributed by atoms with Crippen molar-refractivity contribution >= 4 is 0 Å². The van der Waals surface area contributed by atoms with Gasteiger partial charge < -0.3 is 10.2 Å². The molecule has 0 radical (unpaired) electrons. The quantitative estimate of drug-likeness (QED) is 0.595. The van der Waals surface area contributed by atoms with Gasteiger partial charge in [-0.2, -0.15) is 0 Å². The van der Waals surface area contributed by atoms with E-state index < -0.39 is 0 Å². The second-order valence-electron chi connectivity index (χ2n) is 2.98. The molecule has 0 saturated heterocycles. The first-order chi connectivity index (χ1) is 5.13. The first-order valence-corrected chi connectivity index (χ1v) is 4.14. The van der Waals surface area contributed by atoms with Gasteiger partial charge in [-0.1, -0.05) is 12.2 Å². The monoisotopic (exact) mass is 158 g/mol. The van der Waals surface area contributed by atoms with Gasteiger partial charge in [0.15, 0.2) is 0 Å². The number of hydrogen-bond donors (Lipinski definition) is 2. The Hall–Kier alpha value is -0.340. The molecule has 0 aliphatic heterocycles. The molecule has 2 nitrogen and oxygen atoms in total. The maximum absolute atomic E-state index is 8.88. The summed E-state index contributed by atoms with van der Waals surface area (Å²) in [5, 5.41) is 17.7. The summed E-state index contributed by atoms with van der Waals surface area (Å²) in [7, 11) is 0. The molecule has 0 amide bonds. The van der Waals surface area contributed by atoms with Gasteiger partial charge in [-0.05, 0) is 33.1 Å². The zero-order chi connectivity index (χ0) is 8.69. The highest BCUT2D eigenvalue weighted by atomic mass is 16.3. The van der Waals surface area contributed by atoms with E-state index in [0.717, 1.165) is 12.8 Å². The second kappa shape index (κ2) is 6.38. The van der Waals surface area contributed by atoms with E-state index in [1.807, 2.05) is 12.2 Å². The molecule has 2 atom stereocenters. The van der Waals surface area contributed by atoms with Crippen LogP contribution in [0.4, 0.5) is 0 Å². The van der Waals surface area contributed by atoms with Crippen LogP contribution in [0.1, 0.15) is 33.1 Å². The van der Waals surface area contributed by atoms with Crippen LogP contribution in [-0.2, 0) is 0 Å². The molecule has 0 aliphatic carbocycles. The van der Waals surface area contributed by atoms with Crippen LogP contribution in [0.3, 0.4) is 0 Å². The highest BCUT2D eigenvalue weighted by Crippen LogP contribution is 1.98. The first-order valence-electron chi connectivity index (χ1n) is 4.14. The Morgan fingerprint density at radius 1 is 1.09 bits per heavy atom. The van der Waals surface area contributed by atoms with Gasteiger partial charge in [0, 0.05) is 0 Å². The molecule has 0 rings (SSSR count). The van der Waals surface area contributed by atoms with Crippen molar-refractivity contribution in [2.45, 2.75) is 45.3 Å². The van der Waals surface area contributed by atoms with Crippen LogP contribution in [0.2, 0.25) is 0 Å². The Morgan fingerprint density at radius 3 is 2.18 bits per heavy atom. The molecule has 2 N–H and O–H groups in total. The molecule has 0 spiro atoms. The molecule has 2 heteroatoms. The summed E-state index contributed by atoms with van der Waals surface area (Å²) in [6.45, 7) is 3.54. The molecule has 0 aliphatic rings. The van der Waals surface area contributed by atoms with Crippen molar-refractivity contribution in [1.82, 2.24) is 0 Å². The third-order valence-corrected chi connectivity index (χ3v) is 1.39. The van der Waals surface area contributed by atoms with E-state index in [-0.39, 0.29) is 12.2 Å². The van der Waals surface area contributed by atoms with Crippen molar-refractivity contribution in [3.63, 3.8) is 0 Å². The number of allylic oxidation sites excluding steroid dienone is 1. The minimum Gasteiger partial charge on any atom is -0.393 e. The van der Waals surface area contributed by atoms with Crippen LogP contribution in [0.25, 0.3) is 0 Å². The summed E-state index contributed by atoms with van der Waals surface area (Å²) < 4.78 is 0. The Labute approximate surface area is 68.6 Å².